The molecule has 0 spiro atoms. The molecular formula is C55H39N4OOsPS2+. The zero-order chi connectivity index (χ0) is 43.5. The van der Waals surface area contributed by atoms with Gasteiger partial charge in [-0.05, 0) is 24.1 Å². The predicted molar refractivity (Wildman–Crippen MR) is 267 cm³/mol. The van der Waals surface area contributed by atoms with E-state index in [2.05, 4.69) is 193 Å². The van der Waals surface area contributed by atoms with Crippen molar-refractivity contribution in [3.63, 3.8) is 0 Å². The van der Waals surface area contributed by atoms with Gasteiger partial charge in [0.25, 0.3) is 0 Å². The van der Waals surface area contributed by atoms with Gasteiger partial charge in [-0.25, -0.2) is 0 Å². The van der Waals surface area contributed by atoms with Crippen molar-refractivity contribution in [3.8, 4) is 38.5 Å². The van der Waals surface area contributed by atoms with E-state index in [0.717, 1.165) is 82.7 Å². The summed E-state index contributed by atoms with van der Waals surface area (Å²) in [6.07, 6.45) is 8.56. The molecule has 0 amide bonds. The number of hydrogen-bond donors (Lipinski definition) is 0. The number of allylic oxidation sites excluding steroid dienone is 5. The van der Waals surface area contributed by atoms with Crippen LogP contribution in [0.3, 0.4) is 0 Å². The zero-order valence-corrected chi connectivity index (χ0v) is 40.0. The van der Waals surface area contributed by atoms with Crippen molar-refractivity contribution in [1.29, 1.82) is 0 Å². The molecule has 0 bridgehead atoms. The van der Waals surface area contributed by atoms with Crippen LogP contribution in [-0.2, 0) is 22.7 Å². The summed E-state index contributed by atoms with van der Waals surface area (Å²) in [5.41, 5.74) is 13.0. The molecular weight excluding hydrogens is 1020 g/mol. The van der Waals surface area contributed by atoms with Crippen LogP contribution in [0.2, 0.25) is 0 Å². The summed E-state index contributed by atoms with van der Waals surface area (Å²) in [5, 5.41) is 6.87. The first-order valence-electron chi connectivity index (χ1n) is 20.9. The molecule has 5 nitrogen and oxygen atoms in total. The van der Waals surface area contributed by atoms with Crippen LogP contribution < -0.4 is 15.9 Å². The van der Waals surface area contributed by atoms with Gasteiger partial charge in [0, 0.05) is 10.9 Å². The topological polar surface area (TPSA) is 60.8 Å². The van der Waals surface area contributed by atoms with Gasteiger partial charge in [-0.2, -0.15) is 13.1 Å². The number of aromatic nitrogens is 4. The standard InChI is InChI=1S/C55H39N4OPS2.Os/c1-4-15-38-22-27-41(28-23-38)48-33-50-51(54-52(48)56-62-58-54)34-49(53-55(50)59-63-57-53)42-29-24-39(25-30-42)26-31-43(32-44-36-60-35-40(44)5-2)37(3)61(45-16-9-6-10-17-45,46-18-11-7-12-19-46)47-20-13-8-14-21-47;/h4-25,27-30,32-34H,35-36H2,1-2H3;/q+1;/b15-4+,40-5?,43-37?,44-32?;. The van der Waals surface area contributed by atoms with E-state index in [-0.39, 0.29) is 0 Å². The minimum atomic E-state index is -2.51. The molecule has 309 valence electrons. The maximum atomic E-state index is 6.01. The summed E-state index contributed by atoms with van der Waals surface area (Å²) in [4.78, 5) is 0. The summed E-state index contributed by atoms with van der Waals surface area (Å²) in [7, 11) is -2.51. The van der Waals surface area contributed by atoms with Gasteiger partial charge in [-0.3, -0.25) is 0 Å². The van der Waals surface area contributed by atoms with Crippen LogP contribution in [0.5, 0.6) is 0 Å². The Morgan fingerprint density at radius 2 is 1.09 bits per heavy atom. The average molecular weight is 1060 g/mol. The molecule has 1 saturated heterocycles. The van der Waals surface area contributed by atoms with E-state index < -0.39 is 7.26 Å². The Labute approximate surface area is 391 Å². The number of nitrogens with zero attached hydrogens (tertiary/aromatic N) is 4. The van der Waals surface area contributed by atoms with Crippen LogP contribution in [-0.4, -0.2) is 30.7 Å². The molecule has 1 aliphatic rings. The van der Waals surface area contributed by atoms with Crippen molar-refractivity contribution in [2.75, 3.05) is 13.2 Å². The number of benzene rings is 7. The van der Waals surface area contributed by atoms with Crippen molar-refractivity contribution >= 4 is 85.5 Å². The molecule has 3 heterocycles. The Morgan fingerprint density at radius 1 is 0.609 bits per heavy atom. The molecule has 1 fully saturated rings. The number of ether oxygens (including phenoxy) is 1. The van der Waals surface area contributed by atoms with E-state index in [4.69, 9.17) is 22.2 Å². The Bertz CT molecular complexity index is 3330. The van der Waals surface area contributed by atoms with Crippen LogP contribution in [0.15, 0.2) is 192 Å². The SMILES string of the molecule is CC=C1COCC1=CC(C#Cc1ccc(-c2cc3c(cc(-c4ccc(/C=C/C)cc4)c4nsnc43)c3nsnc23)cc1)=C([C]#[Os])[P+](c1ccccc1)(c1ccccc1)c1ccccc1. The Hall–Kier alpha value is -6.23. The third kappa shape index (κ3) is 7.66. The average Bonchev–Trinajstić information content (AvgIpc) is 4.16. The second-order valence-electron chi connectivity index (χ2n) is 15.3. The molecule has 10 rings (SSSR count). The third-order valence-electron chi connectivity index (χ3n) is 11.7. The van der Waals surface area contributed by atoms with E-state index in [1.807, 2.05) is 13.0 Å². The number of hydrogen-bond acceptors (Lipinski definition) is 7. The van der Waals surface area contributed by atoms with Crippen LogP contribution >= 0.6 is 30.7 Å². The first-order valence-corrected chi connectivity index (χ1v) is 25.4. The second-order valence-corrected chi connectivity index (χ2v) is 20.4. The van der Waals surface area contributed by atoms with Gasteiger partial charge in [-0.15, -0.1) is 0 Å². The van der Waals surface area contributed by atoms with E-state index in [1.54, 1.807) is 17.9 Å². The van der Waals surface area contributed by atoms with Gasteiger partial charge in [-0.1, -0.05) is 36.4 Å². The van der Waals surface area contributed by atoms with Crippen molar-refractivity contribution in [2.24, 2.45) is 0 Å². The summed E-state index contributed by atoms with van der Waals surface area (Å²) in [6.45, 7) is 5.23. The minimum absolute atomic E-state index is 0.534. The maximum absolute atomic E-state index is 6.01. The molecule has 0 radical (unpaired) electrons. The van der Waals surface area contributed by atoms with E-state index in [0.29, 0.717) is 13.2 Å². The van der Waals surface area contributed by atoms with Crippen molar-refractivity contribution in [2.45, 2.75) is 13.8 Å². The Balaban J connectivity index is 1.11. The number of fused-ring (bicyclic) bond motifs is 5. The molecule has 2 aromatic heterocycles. The van der Waals surface area contributed by atoms with Crippen molar-refractivity contribution in [1.82, 2.24) is 17.5 Å². The normalized spacial score (nSPS) is 14.7. The second kappa shape index (κ2) is 18.5. The van der Waals surface area contributed by atoms with E-state index in [1.165, 1.54) is 44.9 Å². The zero-order valence-electron chi connectivity index (χ0n) is 35.0. The van der Waals surface area contributed by atoms with Gasteiger partial charge in [0.1, 0.15) is 11.0 Å². The molecule has 9 aromatic rings. The van der Waals surface area contributed by atoms with Gasteiger partial charge >= 0.3 is 275 Å². The molecule has 0 aliphatic carbocycles. The molecule has 7 aromatic carbocycles. The van der Waals surface area contributed by atoms with Gasteiger partial charge in [0.2, 0.25) is 0 Å². The van der Waals surface area contributed by atoms with Crippen LogP contribution in [0.1, 0.15) is 25.0 Å². The molecule has 64 heavy (non-hydrogen) atoms. The van der Waals surface area contributed by atoms with E-state index >= 15 is 0 Å². The first kappa shape index (κ1) is 41.8. The summed E-state index contributed by atoms with van der Waals surface area (Å²) in [6, 6.07) is 54.2. The summed E-state index contributed by atoms with van der Waals surface area (Å²) >= 11 is 4.24. The number of rotatable bonds is 8. The Kier molecular flexibility index (Phi) is 12.1. The summed E-state index contributed by atoms with van der Waals surface area (Å²) in [5.74, 6) is 7.34. The quantitative estimate of drug-likeness (QED) is 0.112. The molecule has 9 heteroatoms. The Morgan fingerprint density at radius 3 is 1.58 bits per heavy atom. The molecule has 0 unspecified atom stereocenters. The van der Waals surface area contributed by atoms with E-state index in [9.17, 15) is 0 Å². The fraction of sp³-hybridized carbons (Fsp3) is 0.0727. The molecule has 0 N–H and O–H groups in total. The van der Waals surface area contributed by atoms with Crippen LogP contribution in [0.4, 0.5) is 0 Å². The summed E-state index contributed by atoms with van der Waals surface area (Å²) < 4.78 is 29.1. The van der Waals surface area contributed by atoms with Gasteiger partial charge < -0.3 is 0 Å². The molecule has 0 atom stereocenters. The fourth-order valence-electron chi connectivity index (χ4n) is 8.61. The van der Waals surface area contributed by atoms with Crippen molar-refractivity contribution in [3.05, 3.63) is 203 Å². The monoisotopic (exact) mass is 1060 g/mol. The van der Waals surface area contributed by atoms with Crippen molar-refractivity contribution < 1.29 is 22.7 Å². The van der Waals surface area contributed by atoms with Crippen LogP contribution in [0.25, 0.3) is 61.2 Å². The van der Waals surface area contributed by atoms with Crippen LogP contribution in [0, 0.1) is 16.2 Å². The predicted octanol–water partition coefficient (Wildman–Crippen LogP) is 12.2. The molecule has 0 saturated carbocycles. The fourth-order valence-corrected chi connectivity index (χ4v) is 15.5. The van der Waals surface area contributed by atoms with Gasteiger partial charge in [0.15, 0.2) is 0 Å². The van der Waals surface area contributed by atoms with Gasteiger partial charge in [0.05, 0.1) is 23.5 Å². The molecule has 1 aliphatic heterocycles. The first-order chi connectivity index (χ1) is 31.6. The third-order valence-corrected chi connectivity index (χ3v) is 18.1.